The van der Waals surface area contributed by atoms with Crippen LogP contribution >= 0.6 is 11.6 Å². The van der Waals surface area contributed by atoms with Crippen LogP contribution in [-0.4, -0.2) is 25.8 Å². The third-order valence-electron chi connectivity index (χ3n) is 2.93. The van der Waals surface area contributed by atoms with Crippen molar-refractivity contribution < 1.29 is 9.15 Å². The first-order valence-electron chi connectivity index (χ1n) is 5.12. The van der Waals surface area contributed by atoms with Crippen LogP contribution in [0.15, 0.2) is 16.5 Å². The predicted molar refractivity (Wildman–Crippen MR) is 59.4 cm³/mol. The highest BCUT2D eigenvalue weighted by Gasteiger charge is 2.36. The molecular formula is C11H16ClNO2. The van der Waals surface area contributed by atoms with E-state index in [4.69, 9.17) is 20.8 Å². The first kappa shape index (κ1) is 11.0. The zero-order chi connectivity index (χ0) is 10.9. The van der Waals surface area contributed by atoms with Crippen molar-refractivity contribution in [3.8, 4) is 0 Å². The molecule has 1 saturated heterocycles. The minimum absolute atomic E-state index is 0.0542. The van der Waals surface area contributed by atoms with Crippen molar-refractivity contribution in [1.29, 1.82) is 0 Å². The molecule has 4 heteroatoms. The average Bonchev–Trinajstić information content (AvgIpc) is 2.73. The number of hydrogen-bond acceptors (Lipinski definition) is 3. The molecule has 0 bridgehead atoms. The van der Waals surface area contributed by atoms with Crippen molar-refractivity contribution in [1.82, 2.24) is 5.32 Å². The third-order valence-corrected chi connectivity index (χ3v) is 3.13. The van der Waals surface area contributed by atoms with Gasteiger partial charge in [0.2, 0.25) is 0 Å². The van der Waals surface area contributed by atoms with Crippen molar-refractivity contribution in [3.05, 3.63) is 23.1 Å². The molecule has 0 radical (unpaired) electrons. The van der Waals surface area contributed by atoms with Gasteiger partial charge in [0.15, 0.2) is 5.22 Å². The maximum Gasteiger partial charge on any atom is 0.193 e. The van der Waals surface area contributed by atoms with Gasteiger partial charge in [0, 0.05) is 25.1 Å². The van der Waals surface area contributed by atoms with Gasteiger partial charge in [0.05, 0.1) is 6.61 Å². The summed E-state index contributed by atoms with van der Waals surface area (Å²) in [5, 5.41) is 3.93. The Labute approximate surface area is 94.7 Å². The smallest absolute Gasteiger partial charge is 0.193 e. The van der Waals surface area contributed by atoms with Crippen LogP contribution in [0.4, 0.5) is 0 Å². The molecule has 3 nitrogen and oxygen atoms in total. The monoisotopic (exact) mass is 229 g/mol. The van der Waals surface area contributed by atoms with E-state index in [0.29, 0.717) is 11.1 Å². The van der Waals surface area contributed by atoms with Crippen molar-refractivity contribution in [2.75, 3.05) is 20.3 Å². The fourth-order valence-electron chi connectivity index (χ4n) is 2.24. The van der Waals surface area contributed by atoms with Crippen LogP contribution in [0.5, 0.6) is 0 Å². The Hall–Kier alpha value is -0.510. The van der Waals surface area contributed by atoms with E-state index >= 15 is 0 Å². The molecule has 2 rings (SSSR count). The van der Waals surface area contributed by atoms with Crippen LogP contribution in [0.1, 0.15) is 25.0 Å². The molecule has 1 aromatic rings. The molecular weight excluding hydrogens is 214 g/mol. The van der Waals surface area contributed by atoms with Gasteiger partial charge >= 0.3 is 0 Å². The third kappa shape index (κ3) is 2.36. The molecule has 1 aliphatic heterocycles. The first-order chi connectivity index (χ1) is 7.13. The van der Waals surface area contributed by atoms with Gasteiger partial charge in [-0.1, -0.05) is 0 Å². The number of furan rings is 1. The van der Waals surface area contributed by atoms with Crippen molar-refractivity contribution in [2.24, 2.45) is 0 Å². The number of ether oxygens (including phenoxy) is 1. The molecule has 0 aromatic carbocycles. The average molecular weight is 230 g/mol. The highest BCUT2D eigenvalue weighted by atomic mass is 35.5. The molecule has 0 spiro atoms. The molecule has 84 valence electrons. The van der Waals surface area contributed by atoms with Gasteiger partial charge in [-0.25, -0.2) is 0 Å². The van der Waals surface area contributed by atoms with Crippen LogP contribution in [0.25, 0.3) is 0 Å². The molecule has 2 heterocycles. The highest BCUT2D eigenvalue weighted by Crippen LogP contribution is 2.33. The largest absolute Gasteiger partial charge is 0.449 e. The summed E-state index contributed by atoms with van der Waals surface area (Å²) >= 11 is 5.76. The Morgan fingerprint density at radius 1 is 1.67 bits per heavy atom. The van der Waals surface area contributed by atoms with Gasteiger partial charge in [0.1, 0.15) is 5.76 Å². The van der Waals surface area contributed by atoms with E-state index in [1.807, 2.05) is 6.07 Å². The lowest BCUT2D eigenvalue weighted by Crippen LogP contribution is -2.40. The topological polar surface area (TPSA) is 34.4 Å². The fourth-order valence-corrected chi connectivity index (χ4v) is 2.39. The lowest BCUT2D eigenvalue weighted by Gasteiger charge is -2.22. The molecule has 1 aliphatic rings. The van der Waals surface area contributed by atoms with Crippen molar-refractivity contribution in [3.63, 3.8) is 0 Å². The fraction of sp³-hybridized carbons (Fsp3) is 0.636. The second-order valence-electron chi connectivity index (χ2n) is 4.42. The van der Waals surface area contributed by atoms with Gasteiger partial charge in [0.25, 0.3) is 0 Å². The van der Waals surface area contributed by atoms with E-state index in [-0.39, 0.29) is 5.54 Å². The lowest BCUT2D eigenvalue weighted by atomic mass is 9.94. The second-order valence-corrected chi connectivity index (χ2v) is 4.79. The van der Waals surface area contributed by atoms with Gasteiger partial charge in [-0.05, 0) is 37.1 Å². The van der Waals surface area contributed by atoms with Gasteiger partial charge in [-0.2, -0.15) is 0 Å². The molecule has 0 saturated carbocycles. The molecule has 1 aromatic heterocycles. The Balaban J connectivity index is 2.03. The SMILES string of the molecule is COCC1(C)CC(c2ccc(Cl)o2)CN1. The molecule has 1 fully saturated rings. The van der Waals surface area contributed by atoms with Crippen LogP contribution in [0, 0.1) is 0 Å². The zero-order valence-corrected chi connectivity index (χ0v) is 9.80. The van der Waals surface area contributed by atoms with E-state index in [1.165, 1.54) is 0 Å². The van der Waals surface area contributed by atoms with Crippen molar-refractivity contribution >= 4 is 11.6 Å². The van der Waals surface area contributed by atoms with Crippen molar-refractivity contribution in [2.45, 2.75) is 24.8 Å². The van der Waals surface area contributed by atoms with Gasteiger partial charge < -0.3 is 14.5 Å². The molecule has 15 heavy (non-hydrogen) atoms. The summed E-state index contributed by atoms with van der Waals surface area (Å²) in [4.78, 5) is 0. The molecule has 0 aliphatic carbocycles. The molecule has 2 unspecified atom stereocenters. The van der Waals surface area contributed by atoms with E-state index in [1.54, 1.807) is 13.2 Å². The number of nitrogens with one attached hydrogen (secondary N) is 1. The summed E-state index contributed by atoms with van der Waals surface area (Å²) in [7, 11) is 1.73. The molecule has 1 N–H and O–H groups in total. The minimum atomic E-state index is 0.0542. The van der Waals surface area contributed by atoms with Crippen LogP contribution in [-0.2, 0) is 4.74 Å². The molecule has 2 atom stereocenters. The summed E-state index contributed by atoms with van der Waals surface area (Å²) in [5.41, 5.74) is 0.0542. The first-order valence-corrected chi connectivity index (χ1v) is 5.50. The van der Waals surface area contributed by atoms with Crippen LogP contribution < -0.4 is 5.32 Å². The van der Waals surface area contributed by atoms with Crippen LogP contribution in [0.3, 0.4) is 0 Å². The second kappa shape index (κ2) is 4.16. The molecule has 0 amide bonds. The van der Waals surface area contributed by atoms with Crippen LogP contribution in [0.2, 0.25) is 5.22 Å². The summed E-state index contributed by atoms with van der Waals surface area (Å²) in [6, 6.07) is 3.75. The number of rotatable bonds is 3. The summed E-state index contributed by atoms with van der Waals surface area (Å²) in [6.07, 6.45) is 1.02. The number of methoxy groups -OCH3 is 1. The summed E-state index contributed by atoms with van der Waals surface area (Å²) < 4.78 is 10.6. The van der Waals surface area contributed by atoms with E-state index in [9.17, 15) is 0 Å². The highest BCUT2D eigenvalue weighted by molar-refractivity contribution is 6.28. The Morgan fingerprint density at radius 3 is 3.07 bits per heavy atom. The summed E-state index contributed by atoms with van der Waals surface area (Å²) in [5.74, 6) is 1.37. The Morgan fingerprint density at radius 2 is 2.47 bits per heavy atom. The maximum atomic E-state index is 5.76. The quantitative estimate of drug-likeness (QED) is 0.865. The zero-order valence-electron chi connectivity index (χ0n) is 9.05. The maximum absolute atomic E-state index is 5.76. The van der Waals surface area contributed by atoms with E-state index < -0.39 is 0 Å². The normalized spacial score (nSPS) is 31.0. The van der Waals surface area contributed by atoms with Gasteiger partial charge in [-0.15, -0.1) is 0 Å². The summed E-state index contributed by atoms with van der Waals surface area (Å²) in [6.45, 7) is 3.81. The predicted octanol–water partition coefficient (Wildman–Crippen LogP) is 2.42. The minimum Gasteiger partial charge on any atom is -0.449 e. The Kier molecular flexibility index (Phi) is 3.05. The van der Waals surface area contributed by atoms with E-state index in [2.05, 4.69) is 12.2 Å². The van der Waals surface area contributed by atoms with E-state index in [0.717, 1.165) is 25.3 Å². The lowest BCUT2D eigenvalue weighted by molar-refractivity contribution is 0.129. The number of hydrogen-bond donors (Lipinski definition) is 1. The van der Waals surface area contributed by atoms with Gasteiger partial charge in [-0.3, -0.25) is 0 Å². The number of halogens is 1. The standard InChI is InChI=1S/C11H16ClNO2/c1-11(7-14-2)5-8(6-13-11)9-3-4-10(12)15-9/h3-4,8,13H,5-7H2,1-2H3. The Bertz CT molecular complexity index is 339.